The lowest BCUT2D eigenvalue weighted by Crippen LogP contribution is -2.26. The lowest BCUT2D eigenvalue weighted by atomic mass is 9.99. The van der Waals surface area contributed by atoms with E-state index in [9.17, 15) is 9.59 Å². The Morgan fingerprint density at radius 2 is 1.85 bits per heavy atom. The van der Waals surface area contributed by atoms with E-state index in [1.807, 2.05) is 60.7 Å². The number of carbonyl (C=O) groups excluding carboxylic acids is 1. The van der Waals surface area contributed by atoms with E-state index in [1.165, 1.54) is 11.1 Å². The van der Waals surface area contributed by atoms with Gasteiger partial charge in [-0.05, 0) is 101 Å². The predicted octanol–water partition coefficient (Wildman–Crippen LogP) is 4.93. The van der Waals surface area contributed by atoms with Crippen LogP contribution in [0.25, 0.3) is 21.9 Å². The maximum Gasteiger partial charge on any atom is 0.258 e. The smallest absolute Gasteiger partial charge is 0.258 e. The first-order valence-corrected chi connectivity index (χ1v) is 13.0. The Morgan fingerprint density at radius 3 is 2.72 bits per heavy atom. The highest BCUT2D eigenvalue weighted by molar-refractivity contribution is 6.04. The van der Waals surface area contributed by atoms with Gasteiger partial charge in [0.15, 0.2) is 0 Å². The number of nitrogen functional groups attached to an aromatic ring is 1. The van der Waals surface area contributed by atoms with Crippen LogP contribution in [-0.4, -0.2) is 34.0 Å². The summed E-state index contributed by atoms with van der Waals surface area (Å²) in [6.45, 7) is 2.31. The molecule has 7 nitrogen and oxygen atoms in total. The van der Waals surface area contributed by atoms with Gasteiger partial charge in [-0.1, -0.05) is 24.3 Å². The molecule has 0 bridgehead atoms. The van der Waals surface area contributed by atoms with E-state index in [0.717, 1.165) is 47.3 Å². The molecule has 0 radical (unpaired) electrons. The Hall–Kier alpha value is -4.75. The third kappa shape index (κ3) is 5.17. The molecule has 0 fully saturated rings. The topological polar surface area (TPSA) is 93.2 Å². The van der Waals surface area contributed by atoms with Crippen LogP contribution in [0.1, 0.15) is 27.0 Å². The molecule has 0 saturated carbocycles. The fourth-order valence-electron chi connectivity index (χ4n) is 5.20. The predicted molar refractivity (Wildman–Crippen MR) is 156 cm³/mol. The zero-order chi connectivity index (χ0) is 26.9. The molecular weight excluding hydrogens is 486 g/mol. The van der Waals surface area contributed by atoms with Crippen molar-refractivity contribution in [1.82, 2.24) is 14.5 Å². The minimum absolute atomic E-state index is 0.0807. The normalized spacial score (nSPS) is 13.3. The van der Waals surface area contributed by atoms with E-state index in [0.29, 0.717) is 23.3 Å². The van der Waals surface area contributed by atoms with Gasteiger partial charge in [0.1, 0.15) is 5.82 Å². The summed E-state index contributed by atoms with van der Waals surface area (Å²) in [6.07, 6.45) is 4.45. The quantitative estimate of drug-likeness (QED) is 0.346. The number of aromatic nitrogens is 2. The van der Waals surface area contributed by atoms with Crippen LogP contribution < -0.4 is 16.6 Å². The molecule has 3 aromatic carbocycles. The Labute approximate surface area is 226 Å². The van der Waals surface area contributed by atoms with Gasteiger partial charge >= 0.3 is 0 Å². The van der Waals surface area contributed by atoms with Gasteiger partial charge in [-0.3, -0.25) is 9.59 Å². The molecule has 1 aliphatic rings. The largest absolute Gasteiger partial charge is 0.384 e. The van der Waals surface area contributed by atoms with Crippen molar-refractivity contribution in [2.75, 3.05) is 24.6 Å². The number of nitrogens with zero attached hydrogens (tertiary/aromatic N) is 3. The number of nitrogens with two attached hydrogens (primary N) is 1. The van der Waals surface area contributed by atoms with Crippen molar-refractivity contribution in [2.24, 2.45) is 0 Å². The first kappa shape index (κ1) is 24.6. The molecule has 194 valence electrons. The van der Waals surface area contributed by atoms with Crippen LogP contribution in [0.3, 0.4) is 0 Å². The van der Waals surface area contributed by atoms with Gasteiger partial charge in [-0.2, -0.15) is 0 Å². The van der Waals surface area contributed by atoms with Gasteiger partial charge in [0.05, 0.1) is 6.54 Å². The van der Waals surface area contributed by atoms with Crippen molar-refractivity contribution in [2.45, 2.75) is 19.5 Å². The molecule has 0 unspecified atom stereocenters. The summed E-state index contributed by atoms with van der Waals surface area (Å²) in [5.74, 6) is 0.287. The Kier molecular flexibility index (Phi) is 6.42. The molecule has 6 rings (SSSR count). The number of fused-ring (bicyclic) bond motifs is 2. The molecule has 1 aliphatic heterocycles. The molecule has 5 aromatic rings. The standard InChI is InChI=1S/C32H29N5O2/c1-36-13-10-24-17-28(7-5-27(24)20-36)35-31(38)26-4-2-3-21(15-26)19-37-14-11-25-16-22(6-8-29(25)32(37)39)23-9-12-34-30(33)18-23/h2-9,11-12,14-18H,10,13,19-20H2,1H3,(H2,33,34)(H,35,38). The maximum atomic E-state index is 13.3. The zero-order valence-corrected chi connectivity index (χ0v) is 21.7. The summed E-state index contributed by atoms with van der Waals surface area (Å²) in [7, 11) is 2.12. The number of amides is 1. The summed E-state index contributed by atoms with van der Waals surface area (Å²) >= 11 is 0. The molecule has 3 N–H and O–H groups in total. The fourth-order valence-corrected chi connectivity index (χ4v) is 5.20. The van der Waals surface area contributed by atoms with E-state index >= 15 is 0 Å². The van der Waals surface area contributed by atoms with Crippen LogP contribution in [-0.2, 0) is 19.5 Å². The summed E-state index contributed by atoms with van der Waals surface area (Å²) in [4.78, 5) is 32.7. The van der Waals surface area contributed by atoms with E-state index < -0.39 is 0 Å². The number of nitrogens with one attached hydrogen (secondary N) is 1. The number of anilines is 2. The van der Waals surface area contributed by atoms with Crippen molar-refractivity contribution in [1.29, 1.82) is 0 Å². The minimum atomic E-state index is -0.167. The number of pyridine rings is 2. The third-order valence-corrected chi connectivity index (χ3v) is 7.30. The lowest BCUT2D eigenvalue weighted by Gasteiger charge is -2.25. The second-order valence-corrected chi connectivity index (χ2v) is 10.1. The molecule has 0 saturated heterocycles. The van der Waals surface area contributed by atoms with Crippen LogP contribution in [0.2, 0.25) is 0 Å². The monoisotopic (exact) mass is 515 g/mol. The van der Waals surface area contributed by atoms with Crippen molar-refractivity contribution < 1.29 is 4.79 Å². The highest BCUT2D eigenvalue weighted by atomic mass is 16.1. The zero-order valence-electron chi connectivity index (χ0n) is 21.7. The average molecular weight is 516 g/mol. The summed E-state index contributed by atoms with van der Waals surface area (Å²) in [6, 6.07) is 25.0. The minimum Gasteiger partial charge on any atom is -0.384 e. The average Bonchev–Trinajstić information content (AvgIpc) is 2.94. The number of hydrogen-bond acceptors (Lipinski definition) is 5. The number of hydrogen-bond donors (Lipinski definition) is 2. The fraction of sp³-hybridized carbons (Fsp3) is 0.156. The van der Waals surface area contributed by atoms with E-state index in [2.05, 4.69) is 34.4 Å². The van der Waals surface area contributed by atoms with Gasteiger partial charge < -0.3 is 20.5 Å². The first-order chi connectivity index (χ1) is 18.9. The van der Waals surface area contributed by atoms with Crippen LogP contribution in [0.5, 0.6) is 0 Å². The second kappa shape index (κ2) is 10.2. The van der Waals surface area contributed by atoms with Crippen LogP contribution >= 0.6 is 0 Å². The van der Waals surface area contributed by atoms with E-state index in [-0.39, 0.29) is 11.5 Å². The number of likely N-dealkylation sites (N-methyl/N-ethyl adjacent to an activating group) is 1. The van der Waals surface area contributed by atoms with Crippen LogP contribution in [0, 0.1) is 0 Å². The Bertz CT molecular complexity index is 1780. The highest BCUT2D eigenvalue weighted by Crippen LogP contribution is 2.25. The first-order valence-electron chi connectivity index (χ1n) is 13.0. The van der Waals surface area contributed by atoms with Crippen molar-refractivity contribution in [3.8, 4) is 11.1 Å². The van der Waals surface area contributed by atoms with E-state index in [4.69, 9.17) is 5.73 Å². The van der Waals surface area contributed by atoms with Crippen molar-refractivity contribution >= 4 is 28.2 Å². The number of benzene rings is 3. The molecule has 7 heteroatoms. The number of rotatable bonds is 5. The van der Waals surface area contributed by atoms with Crippen LogP contribution in [0.15, 0.2) is 96.1 Å². The molecule has 0 aliphatic carbocycles. The second-order valence-electron chi connectivity index (χ2n) is 10.1. The molecule has 1 amide bonds. The molecule has 3 heterocycles. The SMILES string of the molecule is CN1CCc2cc(NC(=O)c3cccc(Cn4ccc5cc(-c6ccnc(N)c6)ccc5c4=O)c3)ccc2C1. The van der Waals surface area contributed by atoms with Gasteiger partial charge in [0.2, 0.25) is 0 Å². The van der Waals surface area contributed by atoms with Gasteiger partial charge in [0, 0.05) is 42.1 Å². The highest BCUT2D eigenvalue weighted by Gasteiger charge is 2.15. The van der Waals surface area contributed by atoms with Crippen molar-refractivity contribution in [3.63, 3.8) is 0 Å². The van der Waals surface area contributed by atoms with Gasteiger partial charge in [-0.25, -0.2) is 4.98 Å². The maximum absolute atomic E-state index is 13.3. The number of carbonyl (C=O) groups is 1. The van der Waals surface area contributed by atoms with Crippen molar-refractivity contribution in [3.05, 3.63) is 124 Å². The molecule has 0 spiro atoms. The third-order valence-electron chi connectivity index (χ3n) is 7.30. The lowest BCUT2D eigenvalue weighted by molar-refractivity contribution is 0.102. The molecular formula is C32H29N5O2. The van der Waals surface area contributed by atoms with E-state index in [1.54, 1.807) is 23.0 Å². The van der Waals surface area contributed by atoms with Gasteiger partial charge in [0.25, 0.3) is 11.5 Å². The molecule has 39 heavy (non-hydrogen) atoms. The Balaban J connectivity index is 1.20. The van der Waals surface area contributed by atoms with Gasteiger partial charge in [-0.15, -0.1) is 0 Å². The Morgan fingerprint density at radius 1 is 0.974 bits per heavy atom. The summed E-state index contributed by atoms with van der Waals surface area (Å²) in [5, 5.41) is 4.53. The molecule has 2 aromatic heterocycles. The summed E-state index contributed by atoms with van der Waals surface area (Å²) in [5.41, 5.74) is 12.5. The van der Waals surface area contributed by atoms with Crippen LogP contribution in [0.4, 0.5) is 11.5 Å². The summed E-state index contributed by atoms with van der Waals surface area (Å²) < 4.78 is 1.67. The molecule has 0 atom stereocenters.